The van der Waals surface area contributed by atoms with Crippen LogP contribution in [0.1, 0.15) is 43.7 Å². The van der Waals surface area contributed by atoms with Crippen molar-refractivity contribution in [1.29, 1.82) is 0 Å². The van der Waals surface area contributed by atoms with Gasteiger partial charge in [0.2, 0.25) is 5.69 Å². The molecular weight excluding hydrogens is 176 g/mol. The maximum absolute atomic E-state index is 11.6. The maximum atomic E-state index is 11.6. The van der Waals surface area contributed by atoms with Crippen LogP contribution in [0.4, 0.5) is 5.69 Å². The van der Waals surface area contributed by atoms with Gasteiger partial charge in [0.05, 0.1) is 0 Å². The van der Waals surface area contributed by atoms with Gasteiger partial charge in [0.25, 0.3) is 0 Å². The van der Waals surface area contributed by atoms with Crippen LogP contribution in [-0.2, 0) is 0 Å². The molecule has 1 aromatic rings. The molecule has 0 radical (unpaired) electrons. The van der Waals surface area contributed by atoms with Crippen LogP contribution < -0.4 is 10.5 Å². The minimum atomic E-state index is 0.377. The molecule has 1 fully saturated rings. The smallest absolute Gasteiger partial charge is 0.218 e. The van der Waals surface area contributed by atoms with Gasteiger partial charge in [-0.25, -0.2) is 0 Å². The predicted molar refractivity (Wildman–Crippen MR) is 55.6 cm³/mol. The second-order valence-electron chi connectivity index (χ2n) is 4.01. The zero-order valence-corrected chi connectivity index (χ0v) is 8.28. The molecule has 2 N–H and O–H groups in total. The molecule has 1 aromatic heterocycles. The van der Waals surface area contributed by atoms with E-state index in [1.54, 1.807) is 12.3 Å². The molecule has 0 aromatic carbocycles. The molecule has 1 aliphatic carbocycles. The summed E-state index contributed by atoms with van der Waals surface area (Å²) in [6, 6.07) is 3.52. The predicted octanol–water partition coefficient (Wildman–Crippen LogP) is 1.95. The van der Waals surface area contributed by atoms with Gasteiger partial charge >= 0.3 is 0 Å². The standard InChI is InChI=1S/C11H16N2O/c12-10-7-4-8-13(14)11(10)9-5-2-1-3-6-9/h4,7-9H,1-3,5-6,12H2. The topological polar surface area (TPSA) is 53.0 Å². The minimum absolute atomic E-state index is 0.377. The van der Waals surface area contributed by atoms with E-state index < -0.39 is 0 Å². The Balaban J connectivity index is 2.29. The van der Waals surface area contributed by atoms with Gasteiger partial charge in [-0.2, -0.15) is 4.73 Å². The Morgan fingerprint density at radius 2 is 2.00 bits per heavy atom. The summed E-state index contributed by atoms with van der Waals surface area (Å²) >= 11 is 0. The number of rotatable bonds is 1. The molecule has 1 saturated carbocycles. The highest BCUT2D eigenvalue weighted by molar-refractivity contribution is 5.41. The Labute approximate surface area is 84.1 Å². The van der Waals surface area contributed by atoms with Crippen LogP contribution in [0.2, 0.25) is 0 Å². The molecule has 0 atom stereocenters. The molecule has 3 heteroatoms. The van der Waals surface area contributed by atoms with E-state index in [9.17, 15) is 5.21 Å². The van der Waals surface area contributed by atoms with Crippen molar-refractivity contribution in [2.45, 2.75) is 38.0 Å². The molecule has 1 heterocycles. The molecule has 0 aliphatic heterocycles. The number of aromatic nitrogens is 1. The first-order valence-corrected chi connectivity index (χ1v) is 5.26. The largest absolute Gasteiger partial charge is 0.618 e. The normalized spacial score (nSPS) is 18.3. The third kappa shape index (κ3) is 1.67. The van der Waals surface area contributed by atoms with E-state index in [0.29, 0.717) is 11.6 Å². The Morgan fingerprint density at radius 1 is 1.29 bits per heavy atom. The molecule has 0 unspecified atom stereocenters. The summed E-state index contributed by atoms with van der Waals surface area (Å²) < 4.78 is 0.936. The van der Waals surface area contributed by atoms with Crippen molar-refractivity contribution in [3.8, 4) is 0 Å². The summed E-state index contributed by atoms with van der Waals surface area (Å²) in [6.07, 6.45) is 7.49. The summed E-state index contributed by atoms with van der Waals surface area (Å²) in [6.45, 7) is 0. The molecule has 3 nitrogen and oxygen atoms in total. The van der Waals surface area contributed by atoms with Crippen LogP contribution in [0.15, 0.2) is 18.3 Å². The fourth-order valence-electron chi connectivity index (χ4n) is 2.31. The second-order valence-corrected chi connectivity index (χ2v) is 4.01. The first-order chi connectivity index (χ1) is 6.79. The highest BCUT2D eigenvalue weighted by Crippen LogP contribution is 2.33. The summed E-state index contributed by atoms with van der Waals surface area (Å²) in [5.41, 5.74) is 7.26. The lowest BCUT2D eigenvalue weighted by molar-refractivity contribution is -0.615. The number of hydrogen-bond donors (Lipinski definition) is 1. The number of nitrogen functional groups attached to an aromatic ring is 1. The van der Waals surface area contributed by atoms with Gasteiger partial charge in [-0.15, -0.1) is 0 Å². The van der Waals surface area contributed by atoms with E-state index in [2.05, 4.69) is 0 Å². The molecule has 0 saturated heterocycles. The first-order valence-electron chi connectivity index (χ1n) is 5.26. The third-order valence-corrected chi connectivity index (χ3v) is 3.02. The minimum Gasteiger partial charge on any atom is -0.618 e. The van der Waals surface area contributed by atoms with E-state index in [1.807, 2.05) is 6.07 Å². The summed E-state index contributed by atoms with van der Waals surface area (Å²) in [4.78, 5) is 0. The zero-order valence-electron chi connectivity index (χ0n) is 8.28. The van der Waals surface area contributed by atoms with E-state index in [-0.39, 0.29) is 0 Å². The summed E-state index contributed by atoms with van der Waals surface area (Å²) in [7, 11) is 0. The molecule has 1 aliphatic rings. The van der Waals surface area contributed by atoms with E-state index in [0.717, 1.165) is 23.3 Å². The number of nitrogens with zero attached hydrogens (tertiary/aromatic N) is 1. The third-order valence-electron chi connectivity index (χ3n) is 3.02. The van der Waals surface area contributed by atoms with Crippen LogP contribution in [0.5, 0.6) is 0 Å². The molecule has 0 amide bonds. The number of pyridine rings is 1. The van der Waals surface area contributed by atoms with E-state index >= 15 is 0 Å². The van der Waals surface area contributed by atoms with Crippen molar-refractivity contribution in [3.63, 3.8) is 0 Å². The van der Waals surface area contributed by atoms with Gasteiger partial charge in [0.15, 0.2) is 6.20 Å². The molecule has 14 heavy (non-hydrogen) atoms. The van der Waals surface area contributed by atoms with Gasteiger partial charge < -0.3 is 10.9 Å². The molecule has 2 rings (SSSR count). The fourth-order valence-corrected chi connectivity index (χ4v) is 2.31. The average molecular weight is 192 g/mol. The number of hydrogen-bond acceptors (Lipinski definition) is 2. The van der Waals surface area contributed by atoms with E-state index in [4.69, 9.17) is 5.73 Å². The fraction of sp³-hybridized carbons (Fsp3) is 0.545. The zero-order chi connectivity index (χ0) is 9.97. The highest BCUT2D eigenvalue weighted by atomic mass is 16.5. The van der Waals surface area contributed by atoms with Crippen molar-refractivity contribution in [2.75, 3.05) is 5.73 Å². The first kappa shape index (κ1) is 9.31. The Morgan fingerprint density at radius 3 is 2.64 bits per heavy atom. The lowest BCUT2D eigenvalue weighted by Crippen LogP contribution is -2.34. The maximum Gasteiger partial charge on any atom is 0.218 e. The second kappa shape index (κ2) is 3.86. The van der Waals surface area contributed by atoms with Crippen molar-refractivity contribution in [3.05, 3.63) is 29.2 Å². The van der Waals surface area contributed by atoms with Crippen molar-refractivity contribution < 1.29 is 4.73 Å². The van der Waals surface area contributed by atoms with Gasteiger partial charge in [-0.1, -0.05) is 19.3 Å². The number of anilines is 1. The molecule has 0 bridgehead atoms. The average Bonchev–Trinajstić information content (AvgIpc) is 2.19. The van der Waals surface area contributed by atoms with Crippen molar-refractivity contribution >= 4 is 5.69 Å². The number of nitrogens with two attached hydrogens (primary N) is 1. The van der Waals surface area contributed by atoms with Crippen LogP contribution >= 0.6 is 0 Å². The van der Waals surface area contributed by atoms with Crippen LogP contribution in [0.25, 0.3) is 0 Å². The van der Waals surface area contributed by atoms with Gasteiger partial charge in [0, 0.05) is 12.0 Å². The monoisotopic (exact) mass is 192 g/mol. The summed E-state index contributed by atoms with van der Waals surface area (Å²) in [5.74, 6) is 0.377. The molecule has 76 valence electrons. The van der Waals surface area contributed by atoms with Crippen LogP contribution in [0, 0.1) is 5.21 Å². The molecule has 0 spiro atoms. The van der Waals surface area contributed by atoms with Crippen molar-refractivity contribution in [1.82, 2.24) is 0 Å². The summed E-state index contributed by atoms with van der Waals surface area (Å²) in [5, 5.41) is 11.6. The lowest BCUT2D eigenvalue weighted by atomic mass is 9.86. The quantitative estimate of drug-likeness (QED) is 0.546. The Hall–Kier alpha value is -1.25. The van der Waals surface area contributed by atoms with Crippen molar-refractivity contribution in [2.24, 2.45) is 0 Å². The molecular formula is C11H16N2O. The van der Waals surface area contributed by atoms with Crippen LogP contribution in [-0.4, -0.2) is 0 Å². The van der Waals surface area contributed by atoms with Crippen LogP contribution in [0.3, 0.4) is 0 Å². The Kier molecular flexibility index (Phi) is 2.57. The van der Waals surface area contributed by atoms with Gasteiger partial charge in [0.1, 0.15) is 5.69 Å². The Bertz CT molecular complexity index is 299. The SMILES string of the molecule is Nc1ccc[n+]([O-])c1C1CCCCC1. The van der Waals surface area contributed by atoms with Gasteiger partial charge in [-0.05, 0) is 18.9 Å². The lowest BCUT2D eigenvalue weighted by Gasteiger charge is -2.21. The van der Waals surface area contributed by atoms with E-state index in [1.165, 1.54) is 19.3 Å². The van der Waals surface area contributed by atoms with Gasteiger partial charge in [-0.3, -0.25) is 0 Å². The highest BCUT2D eigenvalue weighted by Gasteiger charge is 2.24.